The van der Waals surface area contributed by atoms with E-state index in [0.29, 0.717) is 6.04 Å². The normalized spacial score (nSPS) is 36.1. The van der Waals surface area contributed by atoms with Crippen molar-refractivity contribution in [1.29, 1.82) is 0 Å². The molecule has 3 rings (SSSR count). The van der Waals surface area contributed by atoms with Crippen LogP contribution in [-0.2, 0) is 4.74 Å². The third-order valence-electron chi connectivity index (χ3n) is 3.57. The third kappa shape index (κ3) is 1.68. The highest BCUT2D eigenvalue weighted by Crippen LogP contribution is 2.37. The molecule has 1 N–H and O–H groups in total. The van der Waals surface area contributed by atoms with Crippen LogP contribution in [-0.4, -0.2) is 34.8 Å². The summed E-state index contributed by atoms with van der Waals surface area (Å²) >= 11 is 0. The Hall–Kier alpha value is -0.870. The molecule has 0 aliphatic carbocycles. The van der Waals surface area contributed by atoms with Crippen LogP contribution in [0.15, 0.2) is 18.7 Å². The summed E-state index contributed by atoms with van der Waals surface area (Å²) in [6, 6.07) is 0.479. The first-order valence-electron chi connectivity index (χ1n) is 5.70. The molecule has 0 radical (unpaired) electrons. The van der Waals surface area contributed by atoms with Gasteiger partial charge in [-0.15, -0.1) is 0 Å². The number of hydrogen-bond donors (Lipinski definition) is 1. The lowest BCUT2D eigenvalue weighted by molar-refractivity contribution is -0.0142. The highest BCUT2D eigenvalue weighted by atomic mass is 16.5. The van der Waals surface area contributed by atoms with E-state index < -0.39 is 0 Å². The molecule has 2 atom stereocenters. The molecule has 2 aliphatic rings. The fourth-order valence-electron chi connectivity index (χ4n) is 2.73. The van der Waals surface area contributed by atoms with Gasteiger partial charge >= 0.3 is 0 Å². The van der Waals surface area contributed by atoms with E-state index in [1.807, 2.05) is 18.7 Å². The number of hydrogen-bond acceptors (Lipinski definition) is 3. The SMILES string of the molecule is c1cn([C@H]2CO[C@]3(CCCNC3)C2)cn1. The second-order valence-electron chi connectivity index (χ2n) is 4.64. The van der Waals surface area contributed by atoms with Gasteiger partial charge in [-0.3, -0.25) is 0 Å². The molecule has 0 bridgehead atoms. The topological polar surface area (TPSA) is 39.1 Å². The lowest BCUT2D eigenvalue weighted by Crippen LogP contribution is -2.45. The Morgan fingerprint density at radius 2 is 2.53 bits per heavy atom. The summed E-state index contributed by atoms with van der Waals surface area (Å²) < 4.78 is 8.18. The van der Waals surface area contributed by atoms with E-state index in [4.69, 9.17) is 4.74 Å². The van der Waals surface area contributed by atoms with Crippen LogP contribution in [0, 0.1) is 0 Å². The Bertz CT molecular complexity index is 317. The van der Waals surface area contributed by atoms with E-state index in [9.17, 15) is 0 Å². The molecule has 4 heteroatoms. The maximum atomic E-state index is 6.01. The van der Waals surface area contributed by atoms with Crippen LogP contribution in [0.1, 0.15) is 25.3 Å². The van der Waals surface area contributed by atoms with E-state index in [0.717, 1.165) is 26.1 Å². The number of imidazole rings is 1. The van der Waals surface area contributed by atoms with E-state index in [1.54, 1.807) is 0 Å². The molecule has 3 heterocycles. The first-order chi connectivity index (χ1) is 7.38. The summed E-state index contributed by atoms with van der Waals surface area (Å²) in [6.45, 7) is 2.98. The zero-order chi connectivity index (χ0) is 10.1. The van der Waals surface area contributed by atoms with Gasteiger partial charge < -0.3 is 14.6 Å². The number of rotatable bonds is 1. The summed E-state index contributed by atoms with van der Waals surface area (Å²) in [7, 11) is 0. The van der Waals surface area contributed by atoms with Gasteiger partial charge in [0, 0.05) is 25.4 Å². The molecule has 0 saturated carbocycles. The average molecular weight is 207 g/mol. The minimum atomic E-state index is 0.104. The molecule has 2 saturated heterocycles. The van der Waals surface area contributed by atoms with Crippen LogP contribution >= 0.6 is 0 Å². The Morgan fingerprint density at radius 3 is 3.27 bits per heavy atom. The van der Waals surface area contributed by atoms with E-state index in [1.165, 1.54) is 12.8 Å². The summed E-state index contributed by atoms with van der Waals surface area (Å²) in [4.78, 5) is 4.09. The average Bonchev–Trinajstić information content (AvgIpc) is 2.88. The highest BCUT2D eigenvalue weighted by Gasteiger charge is 2.41. The van der Waals surface area contributed by atoms with Crippen molar-refractivity contribution in [1.82, 2.24) is 14.9 Å². The summed E-state index contributed by atoms with van der Waals surface area (Å²) in [5.41, 5.74) is 0.104. The maximum Gasteiger partial charge on any atom is 0.0949 e. The molecular formula is C11H17N3O. The minimum absolute atomic E-state index is 0.104. The van der Waals surface area contributed by atoms with Crippen molar-refractivity contribution in [3.05, 3.63) is 18.7 Å². The van der Waals surface area contributed by atoms with Gasteiger partial charge in [0.15, 0.2) is 0 Å². The van der Waals surface area contributed by atoms with Gasteiger partial charge in [0.1, 0.15) is 0 Å². The largest absolute Gasteiger partial charge is 0.371 e. The van der Waals surface area contributed by atoms with Crippen molar-refractivity contribution in [2.45, 2.75) is 30.9 Å². The van der Waals surface area contributed by atoms with Gasteiger partial charge in [0.05, 0.1) is 24.6 Å². The molecule has 2 fully saturated rings. The molecule has 0 amide bonds. The van der Waals surface area contributed by atoms with Crippen molar-refractivity contribution in [3.63, 3.8) is 0 Å². The van der Waals surface area contributed by atoms with Crippen molar-refractivity contribution < 1.29 is 4.74 Å². The first kappa shape index (κ1) is 9.36. The van der Waals surface area contributed by atoms with Crippen LogP contribution in [0.5, 0.6) is 0 Å². The smallest absolute Gasteiger partial charge is 0.0949 e. The van der Waals surface area contributed by atoms with Gasteiger partial charge in [-0.2, -0.15) is 0 Å². The Morgan fingerprint density at radius 1 is 1.53 bits per heavy atom. The summed E-state index contributed by atoms with van der Waals surface area (Å²) in [5, 5.41) is 3.43. The number of aromatic nitrogens is 2. The molecule has 0 aromatic carbocycles. The molecule has 1 spiro atoms. The van der Waals surface area contributed by atoms with Crippen molar-refractivity contribution >= 4 is 0 Å². The summed E-state index contributed by atoms with van der Waals surface area (Å²) in [6.07, 6.45) is 9.31. The monoisotopic (exact) mass is 207 g/mol. The van der Waals surface area contributed by atoms with Gasteiger partial charge in [-0.05, 0) is 19.4 Å². The van der Waals surface area contributed by atoms with Crippen molar-refractivity contribution in [2.24, 2.45) is 0 Å². The third-order valence-corrected chi connectivity index (χ3v) is 3.57. The number of ether oxygens (including phenoxy) is 1. The van der Waals surface area contributed by atoms with Gasteiger partial charge in [-0.25, -0.2) is 4.98 Å². The maximum absolute atomic E-state index is 6.01. The van der Waals surface area contributed by atoms with Crippen LogP contribution in [0.4, 0.5) is 0 Å². The number of nitrogens with one attached hydrogen (secondary N) is 1. The van der Waals surface area contributed by atoms with E-state index in [2.05, 4.69) is 14.9 Å². The Balaban J connectivity index is 1.72. The molecule has 15 heavy (non-hydrogen) atoms. The predicted molar refractivity (Wildman–Crippen MR) is 56.7 cm³/mol. The molecule has 0 unspecified atom stereocenters. The molecule has 1 aromatic heterocycles. The van der Waals surface area contributed by atoms with Crippen molar-refractivity contribution in [2.75, 3.05) is 19.7 Å². The second kappa shape index (κ2) is 3.61. The minimum Gasteiger partial charge on any atom is -0.371 e. The molecule has 2 aliphatic heterocycles. The fourth-order valence-corrected chi connectivity index (χ4v) is 2.73. The molecular weight excluding hydrogens is 190 g/mol. The Labute approximate surface area is 89.6 Å². The van der Waals surface area contributed by atoms with Gasteiger partial charge in [0.25, 0.3) is 0 Å². The zero-order valence-corrected chi connectivity index (χ0v) is 8.85. The lowest BCUT2D eigenvalue weighted by atomic mass is 9.90. The van der Waals surface area contributed by atoms with Gasteiger partial charge in [-0.1, -0.05) is 0 Å². The van der Waals surface area contributed by atoms with Crippen LogP contribution in [0.2, 0.25) is 0 Å². The molecule has 82 valence electrons. The standard InChI is InChI=1S/C11H17N3O/c1-2-11(8-12-3-1)6-10(7-15-11)14-5-4-13-9-14/h4-5,9-10,12H,1-3,6-8H2/t10-,11-/m1/s1. The first-order valence-corrected chi connectivity index (χ1v) is 5.70. The summed E-state index contributed by atoms with van der Waals surface area (Å²) in [5.74, 6) is 0. The quantitative estimate of drug-likeness (QED) is 0.745. The van der Waals surface area contributed by atoms with Crippen molar-refractivity contribution in [3.8, 4) is 0 Å². The second-order valence-corrected chi connectivity index (χ2v) is 4.64. The Kier molecular flexibility index (Phi) is 2.25. The van der Waals surface area contributed by atoms with Crippen LogP contribution in [0.3, 0.4) is 0 Å². The predicted octanol–water partition coefficient (Wildman–Crippen LogP) is 0.967. The lowest BCUT2D eigenvalue weighted by Gasteiger charge is -2.33. The molecule has 1 aromatic rings. The fraction of sp³-hybridized carbons (Fsp3) is 0.727. The highest BCUT2D eigenvalue weighted by molar-refractivity contribution is 4.96. The zero-order valence-electron chi connectivity index (χ0n) is 8.85. The number of piperidine rings is 1. The van der Waals surface area contributed by atoms with E-state index >= 15 is 0 Å². The van der Waals surface area contributed by atoms with Crippen LogP contribution in [0.25, 0.3) is 0 Å². The number of nitrogens with zero attached hydrogens (tertiary/aromatic N) is 2. The van der Waals surface area contributed by atoms with Gasteiger partial charge in [0.2, 0.25) is 0 Å². The molecule has 4 nitrogen and oxygen atoms in total. The van der Waals surface area contributed by atoms with Crippen LogP contribution < -0.4 is 5.32 Å². The van der Waals surface area contributed by atoms with E-state index in [-0.39, 0.29) is 5.60 Å².